The molecule has 1 heterocycles. The molecular formula is C48H57N5O5Si. The molecule has 0 aliphatic heterocycles. The van der Waals surface area contributed by atoms with E-state index >= 15 is 0 Å². The molecule has 10 nitrogen and oxygen atoms in total. The second kappa shape index (κ2) is 19.1. The molecule has 0 atom stereocenters. The van der Waals surface area contributed by atoms with Gasteiger partial charge in [0.1, 0.15) is 12.4 Å². The number of esters is 1. The van der Waals surface area contributed by atoms with Crippen molar-refractivity contribution in [1.82, 2.24) is 9.55 Å². The van der Waals surface area contributed by atoms with Gasteiger partial charge in [0.2, 0.25) is 0 Å². The van der Waals surface area contributed by atoms with E-state index < -0.39 is 20.1 Å². The maximum Gasteiger partial charge on any atom is 0.338 e. The lowest BCUT2D eigenvalue weighted by Gasteiger charge is -2.44. The fourth-order valence-electron chi connectivity index (χ4n) is 8.33. The molecule has 11 heteroatoms. The summed E-state index contributed by atoms with van der Waals surface area (Å²) in [4.78, 5) is 57.7. The molecule has 0 aliphatic carbocycles. The van der Waals surface area contributed by atoms with Crippen LogP contribution in [0.15, 0.2) is 114 Å². The molecule has 4 aromatic carbocycles. The van der Waals surface area contributed by atoms with Crippen molar-refractivity contribution in [3.05, 3.63) is 137 Å². The third-order valence-corrected chi connectivity index (χ3v) is 17.8. The quantitative estimate of drug-likeness (QED) is 0.0298. The first-order valence-corrected chi connectivity index (χ1v) is 22.4. The van der Waals surface area contributed by atoms with Gasteiger partial charge in [0.15, 0.2) is 14.0 Å². The van der Waals surface area contributed by atoms with E-state index in [1.54, 1.807) is 60.7 Å². The Balaban J connectivity index is 1.55. The Kier molecular flexibility index (Phi) is 14.3. The minimum Gasteiger partial charge on any atom is -0.465 e. The summed E-state index contributed by atoms with van der Waals surface area (Å²) in [5, 5.41) is 5.93. The molecule has 5 rings (SSSR count). The Morgan fingerprint density at radius 1 is 0.695 bits per heavy atom. The van der Waals surface area contributed by atoms with Gasteiger partial charge in [-0.05, 0) is 99.5 Å². The number of hydrogen-bond donors (Lipinski definition) is 3. The average Bonchev–Trinajstić information content (AvgIpc) is 3.71. The largest absolute Gasteiger partial charge is 0.465 e. The standard InChI is InChI=1S/C48H57N5O5Si/c1-30(2)27-51-46(55)37-18-22-41(43(26-37)48(57)58-9)40-21-17-36(38-23-24-53(29-38)59(31(3)4,32(5)6)33(7)8)25-42(40)47(56)52-39-19-15-35(16-20-39)45(49)50-28-44(54)34-13-11-10-12-14-34/h10-26,29-33H,27-28H2,1-9H3,(H2,49,50)(H,51,55)(H,52,56). The molecule has 0 spiro atoms. The average molecular weight is 812 g/mol. The Hall–Kier alpha value is -6.07. The highest BCUT2D eigenvalue weighted by atomic mass is 28.3. The van der Waals surface area contributed by atoms with Crippen LogP contribution in [-0.2, 0) is 4.74 Å². The second-order valence-corrected chi connectivity index (χ2v) is 22.1. The number of methoxy groups -OCH3 is 1. The molecule has 0 bridgehead atoms. The lowest BCUT2D eigenvalue weighted by molar-refractivity contribution is 0.0601. The Bertz CT molecular complexity index is 2310. The molecule has 5 aromatic rings. The van der Waals surface area contributed by atoms with Crippen LogP contribution in [0.1, 0.15) is 102 Å². The van der Waals surface area contributed by atoms with Crippen LogP contribution in [0.5, 0.6) is 0 Å². The number of aliphatic imine (C=N–C) groups is 1. The van der Waals surface area contributed by atoms with Gasteiger partial charge < -0.3 is 25.3 Å². The molecular weight excluding hydrogens is 755 g/mol. The first-order valence-electron chi connectivity index (χ1n) is 20.2. The fourth-order valence-corrected chi connectivity index (χ4v) is 14.8. The van der Waals surface area contributed by atoms with E-state index in [4.69, 9.17) is 10.5 Å². The number of amidine groups is 1. The van der Waals surface area contributed by atoms with Crippen LogP contribution in [0.2, 0.25) is 16.6 Å². The predicted octanol–water partition coefficient (Wildman–Crippen LogP) is 9.86. The van der Waals surface area contributed by atoms with Crippen LogP contribution < -0.4 is 16.4 Å². The number of carbonyl (C=O) groups is 4. The van der Waals surface area contributed by atoms with Gasteiger partial charge in [-0.1, -0.05) is 104 Å². The number of benzene rings is 4. The summed E-state index contributed by atoms with van der Waals surface area (Å²) in [5.41, 5.74) is 12.9. The molecule has 0 aliphatic rings. The number of aromatic nitrogens is 1. The summed E-state index contributed by atoms with van der Waals surface area (Å²) in [6.45, 7) is 18.3. The summed E-state index contributed by atoms with van der Waals surface area (Å²) in [6.07, 6.45) is 4.40. The van der Waals surface area contributed by atoms with Crippen LogP contribution in [0.25, 0.3) is 22.3 Å². The van der Waals surface area contributed by atoms with Crippen molar-refractivity contribution in [3.63, 3.8) is 0 Å². The van der Waals surface area contributed by atoms with E-state index in [0.717, 1.165) is 11.1 Å². The second-order valence-electron chi connectivity index (χ2n) is 16.3. The van der Waals surface area contributed by atoms with Gasteiger partial charge >= 0.3 is 5.97 Å². The van der Waals surface area contributed by atoms with Crippen molar-refractivity contribution in [1.29, 1.82) is 0 Å². The molecule has 1 aromatic heterocycles. The third kappa shape index (κ3) is 9.80. The lowest BCUT2D eigenvalue weighted by atomic mass is 9.91. The number of ether oxygens (including phenoxy) is 1. The number of amides is 2. The highest BCUT2D eigenvalue weighted by molar-refractivity contribution is 6.82. The minimum absolute atomic E-state index is 0.0937. The van der Waals surface area contributed by atoms with Crippen molar-refractivity contribution in [3.8, 4) is 22.3 Å². The SMILES string of the molecule is COC(=O)c1cc(C(=O)NCC(C)C)ccc1-c1ccc(-c2ccn([Si](C(C)C)(C(C)C)C(C)C)c2)cc1C(=O)Nc1ccc(C(N)=NCC(=O)c2ccccc2)cc1. The number of nitrogens with one attached hydrogen (secondary N) is 2. The van der Waals surface area contributed by atoms with Gasteiger partial charge in [0.25, 0.3) is 11.8 Å². The maximum absolute atomic E-state index is 14.5. The predicted molar refractivity (Wildman–Crippen MR) is 241 cm³/mol. The number of hydrogen-bond acceptors (Lipinski definition) is 6. The number of anilines is 1. The Morgan fingerprint density at radius 2 is 1.31 bits per heavy atom. The number of nitrogens with two attached hydrogens (primary N) is 1. The zero-order valence-electron chi connectivity index (χ0n) is 35.6. The van der Waals surface area contributed by atoms with Gasteiger partial charge in [0.05, 0.1) is 12.7 Å². The summed E-state index contributed by atoms with van der Waals surface area (Å²) < 4.78 is 7.65. The first kappa shape index (κ1) is 44.0. The van der Waals surface area contributed by atoms with Crippen molar-refractivity contribution < 1.29 is 23.9 Å². The Morgan fingerprint density at radius 3 is 1.92 bits per heavy atom. The maximum atomic E-state index is 14.5. The zero-order valence-corrected chi connectivity index (χ0v) is 36.6. The van der Waals surface area contributed by atoms with Crippen LogP contribution in [0.4, 0.5) is 5.69 Å². The normalized spacial score (nSPS) is 12.0. The first-order chi connectivity index (χ1) is 28.1. The van der Waals surface area contributed by atoms with E-state index in [9.17, 15) is 19.2 Å². The van der Waals surface area contributed by atoms with Crippen molar-refractivity contribution in [2.45, 2.75) is 72.0 Å². The van der Waals surface area contributed by atoms with E-state index in [-0.39, 0.29) is 35.6 Å². The molecule has 0 saturated carbocycles. The molecule has 0 radical (unpaired) electrons. The van der Waals surface area contributed by atoms with Crippen LogP contribution in [0, 0.1) is 5.92 Å². The molecule has 0 saturated heterocycles. The third-order valence-electron chi connectivity index (χ3n) is 11.1. The van der Waals surface area contributed by atoms with E-state index in [2.05, 4.69) is 79.9 Å². The number of nitrogens with zero attached hydrogens (tertiary/aromatic N) is 2. The molecule has 0 fully saturated rings. The highest BCUT2D eigenvalue weighted by Gasteiger charge is 2.45. The zero-order chi connectivity index (χ0) is 43.0. The lowest BCUT2D eigenvalue weighted by Crippen LogP contribution is -2.51. The fraction of sp³-hybridized carbons (Fsp3) is 0.312. The molecule has 0 unspecified atom stereocenters. The molecule has 59 heavy (non-hydrogen) atoms. The monoisotopic (exact) mass is 811 g/mol. The summed E-state index contributed by atoms with van der Waals surface area (Å²) in [7, 11) is -0.750. The highest BCUT2D eigenvalue weighted by Crippen LogP contribution is 2.43. The number of rotatable bonds is 16. The van der Waals surface area contributed by atoms with Gasteiger partial charge in [-0.25, -0.2) is 4.79 Å². The van der Waals surface area contributed by atoms with Gasteiger partial charge in [-0.2, -0.15) is 0 Å². The van der Waals surface area contributed by atoms with Gasteiger partial charge in [0, 0.05) is 40.7 Å². The number of ketones is 1. The van der Waals surface area contributed by atoms with Crippen molar-refractivity contribution in [2.24, 2.45) is 16.6 Å². The van der Waals surface area contributed by atoms with Crippen molar-refractivity contribution >= 4 is 43.3 Å². The molecule has 2 amide bonds. The summed E-state index contributed by atoms with van der Waals surface area (Å²) in [6, 6.07) is 28.4. The van der Waals surface area contributed by atoms with E-state index in [1.165, 1.54) is 13.2 Å². The van der Waals surface area contributed by atoms with E-state index in [1.807, 2.05) is 38.1 Å². The smallest absolute Gasteiger partial charge is 0.338 e. The Labute approximate surface area is 349 Å². The van der Waals surface area contributed by atoms with Crippen LogP contribution in [0.3, 0.4) is 0 Å². The van der Waals surface area contributed by atoms with Crippen LogP contribution >= 0.6 is 0 Å². The van der Waals surface area contributed by atoms with Gasteiger partial charge in [-0.3, -0.25) is 19.4 Å². The minimum atomic E-state index is -2.04. The van der Waals surface area contributed by atoms with Gasteiger partial charge in [-0.15, -0.1) is 0 Å². The van der Waals surface area contributed by atoms with Crippen molar-refractivity contribution in [2.75, 3.05) is 25.5 Å². The summed E-state index contributed by atoms with van der Waals surface area (Å²) in [5.74, 6) is -1.06. The van der Waals surface area contributed by atoms with Crippen LogP contribution in [-0.4, -0.2) is 62.1 Å². The summed E-state index contributed by atoms with van der Waals surface area (Å²) >= 11 is 0. The molecule has 4 N–H and O–H groups in total. The molecule has 308 valence electrons. The topological polar surface area (TPSA) is 145 Å². The number of carbonyl (C=O) groups excluding carboxylic acids is 4. The number of Topliss-reactive ketones (excluding diaryl/α,β-unsaturated/α-hetero) is 1. The van der Waals surface area contributed by atoms with E-state index in [0.29, 0.717) is 62.2 Å².